The Morgan fingerprint density at radius 2 is 1.69 bits per heavy atom. The number of ether oxygens (including phenoxy) is 1. The minimum atomic E-state index is -3.80. The van der Waals surface area contributed by atoms with Crippen LogP contribution >= 0.6 is 11.6 Å². The maximum absolute atomic E-state index is 12.8. The lowest BCUT2D eigenvalue weighted by Crippen LogP contribution is -2.26. The number of rotatable bonds is 9. The van der Waals surface area contributed by atoms with Gasteiger partial charge in [0.15, 0.2) is 0 Å². The number of carbonyl (C=O) groups excluding carboxylic acids is 1. The molecule has 0 bridgehead atoms. The Hall–Kier alpha value is -3.36. The third-order valence-corrected chi connectivity index (χ3v) is 5.93. The molecule has 0 aromatic heterocycles. The van der Waals surface area contributed by atoms with Crippen LogP contribution in [0.4, 0.5) is 10.1 Å². The van der Waals surface area contributed by atoms with Gasteiger partial charge >= 0.3 is 0 Å². The lowest BCUT2D eigenvalue weighted by molar-refractivity contribution is -0.116. The minimum Gasteiger partial charge on any atom is -0.492 e. The van der Waals surface area contributed by atoms with Crippen molar-refractivity contribution in [2.45, 2.75) is 4.90 Å². The van der Waals surface area contributed by atoms with Gasteiger partial charge in [0.2, 0.25) is 5.91 Å². The third-order valence-electron chi connectivity index (χ3n) is 4.22. The van der Waals surface area contributed by atoms with Crippen LogP contribution in [0.5, 0.6) is 5.75 Å². The van der Waals surface area contributed by atoms with Crippen LogP contribution in [-0.2, 0) is 14.8 Å². The molecule has 0 atom stereocenters. The van der Waals surface area contributed by atoms with Gasteiger partial charge in [0, 0.05) is 6.08 Å². The van der Waals surface area contributed by atoms with E-state index in [0.29, 0.717) is 22.0 Å². The summed E-state index contributed by atoms with van der Waals surface area (Å²) in [6.07, 6.45) is 2.90. The van der Waals surface area contributed by atoms with Crippen molar-refractivity contribution in [1.29, 1.82) is 0 Å². The number of amides is 1. The predicted octanol–water partition coefficient (Wildman–Crippen LogP) is 4.49. The molecular formula is C23H20ClFN2O4S. The molecule has 0 heterocycles. The normalized spacial score (nSPS) is 11.3. The zero-order valence-electron chi connectivity index (χ0n) is 16.8. The van der Waals surface area contributed by atoms with Crippen LogP contribution in [0.1, 0.15) is 5.56 Å². The molecule has 1 amide bonds. The smallest absolute Gasteiger partial charge is 0.261 e. The number of hydrogen-bond acceptors (Lipinski definition) is 4. The van der Waals surface area contributed by atoms with E-state index in [0.717, 1.165) is 0 Å². The Bertz CT molecular complexity index is 1200. The second kappa shape index (κ2) is 10.8. The van der Waals surface area contributed by atoms with E-state index in [-0.39, 0.29) is 29.8 Å². The molecule has 0 saturated heterocycles. The van der Waals surface area contributed by atoms with Gasteiger partial charge in [0.25, 0.3) is 10.0 Å². The number of para-hydroxylation sites is 1. The zero-order valence-corrected chi connectivity index (χ0v) is 18.4. The maximum atomic E-state index is 12.8. The van der Waals surface area contributed by atoms with Crippen molar-refractivity contribution < 1.29 is 22.3 Å². The van der Waals surface area contributed by atoms with Gasteiger partial charge < -0.3 is 10.1 Å². The number of sulfonamides is 1. The summed E-state index contributed by atoms with van der Waals surface area (Å²) >= 11 is 6.00. The van der Waals surface area contributed by atoms with Crippen molar-refractivity contribution in [1.82, 2.24) is 5.32 Å². The molecule has 32 heavy (non-hydrogen) atoms. The van der Waals surface area contributed by atoms with Crippen molar-refractivity contribution >= 4 is 39.3 Å². The Morgan fingerprint density at radius 1 is 1.00 bits per heavy atom. The average Bonchev–Trinajstić information content (AvgIpc) is 2.78. The summed E-state index contributed by atoms with van der Waals surface area (Å²) in [5.41, 5.74) is 0.942. The number of nitrogens with one attached hydrogen (secondary N) is 2. The van der Waals surface area contributed by atoms with Crippen molar-refractivity contribution in [3.8, 4) is 5.75 Å². The van der Waals surface area contributed by atoms with E-state index in [1.165, 1.54) is 42.5 Å². The zero-order chi connectivity index (χ0) is 23.0. The average molecular weight is 475 g/mol. The van der Waals surface area contributed by atoms with E-state index in [4.69, 9.17) is 16.3 Å². The molecule has 0 aliphatic rings. The van der Waals surface area contributed by atoms with E-state index in [2.05, 4.69) is 10.0 Å². The summed E-state index contributed by atoms with van der Waals surface area (Å²) < 4.78 is 45.7. The van der Waals surface area contributed by atoms with E-state index >= 15 is 0 Å². The SMILES string of the molecule is O=C(/C=C/c1ccc(S(=O)(=O)Nc2ccccc2Cl)cc1)NCCOc1ccc(F)cc1. The Balaban J connectivity index is 1.49. The Kier molecular flexibility index (Phi) is 7.86. The van der Waals surface area contributed by atoms with Crippen LogP contribution in [0, 0.1) is 5.82 Å². The first kappa shape index (κ1) is 23.3. The number of halogens is 2. The lowest BCUT2D eigenvalue weighted by Gasteiger charge is -2.09. The van der Waals surface area contributed by atoms with Gasteiger partial charge in [0.1, 0.15) is 18.2 Å². The van der Waals surface area contributed by atoms with Crippen LogP contribution in [0.15, 0.2) is 83.8 Å². The second-order valence-corrected chi connectivity index (χ2v) is 8.67. The van der Waals surface area contributed by atoms with E-state index in [1.807, 2.05) is 0 Å². The van der Waals surface area contributed by atoms with Crippen LogP contribution in [0.2, 0.25) is 5.02 Å². The fourth-order valence-electron chi connectivity index (χ4n) is 2.61. The number of hydrogen-bond donors (Lipinski definition) is 2. The molecule has 6 nitrogen and oxygen atoms in total. The summed E-state index contributed by atoms with van der Waals surface area (Å²) in [6.45, 7) is 0.502. The largest absolute Gasteiger partial charge is 0.492 e. The van der Waals surface area contributed by atoms with Gasteiger partial charge in [-0.3, -0.25) is 9.52 Å². The van der Waals surface area contributed by atoms with Crippen molar-refractivity contribution in [2.75, 3.05) is 17.9 Å². The van der Waals surface area contributed by atoms with Gasteiger partial charge in [-0.05, 0) is 60.2 Å². The fraction of sp³-hybridized carbons (Fsp3) is 0.0870. The van der Waals surface area contributed by atoms with Crippen molar-refractivity contribution in [3.63, 3.8) is 0 Å². The summed E-state index contributed by atoms with van der Waals surface area (Å²) in [4.78, 5) is 12.0. The monoisotopic (exact) mass is 474 g/mol. The molecule has 3 rings (SSSR count). The molecule has 3 aromatic carbocycles. The van der Waals surface area contributed by atoms with Crippen LogP contribution in [-0.4, -0.2) is 27.5 Å². The quantitative estimate of drug-likeness (QED) is 0.353. The van der Waals surface area contributed by atoms with E-state index in [9.17, 15) is 17.6 Å². The Labute approximate surface area is 190 Å². The lowest BCUT2D eigenvalue weighted by atomic mass is 10.2. The molecule has 3 aromatic rings. The van der Waals surface area contributed by atoms with Crippen LogP contribution in [0.3, 0.4) is 0 Å². The molecule has 9 heteroatoms. The predicted molar refractivity (Wildman–Crippen MR) is 123 cm³/mol. The number of anilines is 1. The molecule has 0 unspecified atom stereocenters. The minimum absolute atomic E-state index is 0.0666. The highest BCUT2D eigenvalue weighted by Crippen LogP contribution is 2.24. The summed E-state index contributed by atoms with van der Waals surface area (Å²) in [5, 5.41) is 2.96. The molecule has 0 fully saturated rings. The third kappa shape index (κ3) is 6.83. The molecule has 0 spiro atoms. The summed E-state index contributed by atoms with van der Waals surface area (Å²) in [7, 11) is -3.80. The van der Waals surface area contributed by atoms with Crippen LogP contribution in [0.25, 0.3) is 6.08 Å². The maximum Gasteiger partial charge on any atom is 0.261 e. The first-order valence-electron chi connectivity index (χ1n) is 9.55. The topological polar surface area (TPSA) is 84.5 Å². The molecule has 0 radical (unpaired) electrons. The summed E-state index contributed by atoms with van der Waals surface area (Å²) in [6, 6.07) is 18.2. The summed E-state index contributed by atoms with van der Waals surface area (Å²) in [5.74, 6) is -0.168. The van der Waals surface area contributed by atoms with Gasteiger partial charge in [-0.1, -0.05) is 35.9 Å². The standard InChI is InChI=1S/C23H20ClFN2O4S/c24-21-3-1-2-4-22(21)27-32(29,30)20-12-5-17(6-13-20)7-14-23(28)26-15-16-31-19-10-8-18(25)9-11-19/h1-14,27H,15-16H2,(H,26,28)/b14-7+. The molecule has 0 aliphatic heterocycles. The van der Waals surface area contributed by atoms with Gasteiger partial charge in [-0.15, -0.1) is 0 Å². The first-order chi connectivity index (χ1) is 15.3. The van der Waals surface area contributed by atoms with Crippen molar-refractivity contribution in [3.05, 3.63) is 95.3 Å². The van der Waals surface area contributed by atoms with Gasteiger partial charge in [-0.2, -0.15) is 0 Å². The highest BCUT2D eigenvalue weighted by atomic mass is 35.5. The molecule has 166 valence electrons. The van der Waals surface area contributed by atoms with E-state index in [1.54, 1.807) is 42.5 Å². The Morgan fingerprint density at radius 3 is 2.38 bits per heavy atom. The first-order valence-corrected chi connectivity index (χ1v) is 11.4. The highest BCUT2D eigenvalue weighted by molar-refractivity contribution is 7.92. The van der Waals surface area contributed by atoms with E-state index < -0.39 is 10.0 Å². The number of benzene rings is 3. The van der Waals surface area contributed by atoms with Gasteiger partial charge in [-0.25, -0.2) is 12.8 Å². The molecule has 0 aliphatic carbocycles. The molecular weight excluding hydrogens is 455 g/mol. The highest BCUT2D eigenvalue weighted by Gasteiger charge is 2.15. The second-order valence-electron chi connectivity index (χ2n) is 6.58. The van der Waals surface area contributed by atoms with Gasteiger partial charge in [0.05, 0.1) is 22.2 Å². The van der Waals surface area contributed by atoms with Crippen molar-refractivity contribution in [2.24, 2.45) is 0 Å². The van der Waals surface area contributed by atoms with Crippen LogP contribution < -0.4 is 14.8 Å². The molecule has 2 N–H and O–H groups in total. The fourth-order valence-corrected chi connectivity index (χ4v) is 3.93. The molecule has 0 saturated carbocycles. The number of carbonyl (C=O) groups is 1.